The van der Waals surface area contributed by atoms with Crippen LogP contribution >= 0.6 is 11.8 Å². The molecule has 0 fully saturated rings. The number of amides is 1. The summed E-state index contributed by atoms with van der Waals surface area (Å²) in [6.45, 7) is 5.95. The van der Waals surface area contributed by atoms with Gasteiger partial charge in [-0.3, -0.25) is 9.89 Å². The van der Waals surface area contributed by atoms with Crippen LogP contribution in [0.2, 0.25) is 0 Å². The van der Waals surface area contributed by atoms with Crippen molar-refractivity contribution in [2.45, 2.75) is 39.3 Å². The minimum Gasteiger partial charge on any atom is -0.338 e. The fourth-order valence-corrected chi connectivity index (χ4v) is 3.16. The first-order valence-corrected chi connectivity index (χ1v) is 8.42. The largest absolute Gasteiger partial charge is 0.338 e. The van der Waals surface area contributed by atoms with Gasteiger partial charge in [0.2, 0.25) is 0 Å². The van der Waals surface area contributed by atoms with Crippen LogP contribution in [0.4, 0.5) is 0 Å². The van der Waals surface area contributed by atoms with Gasteiger partial charge in [0, 0.05) is 43.9 Å². The molecule has 0 radical (unpaired) electrons. The first kappa shape index (κ1) is 15.4. The van der Waals surface area contributed by atoms with Crippen molar-refractivity contribution >= 4 is 17.7 Å². The van der Waals surface area contributed by atoms with E-state index in [0.29, 0.717) is 5.69 Å². The maximum absolute atomic E-state index is 12.6. The van der Waals surface area contributed by atoms with Gasteiger partial charge in [-0.25, -0.2) is 0 Å². The summed E-state index contributed by atoms with van der Waals surface area (Å²) in [7, 11) is 1.88. The van der Waals surface area contributed by atoms with Gasteiger partial charge < -0.3 is 10.2 Å². The van der Waals surface area contributed by atoms with Gasteiger partial charge in [-0.15, -0.1) is 0 Å². The number of aromatic amines is 1. The fourth-order valence-electron chi connectivity index (χ4n) is 2.36. The summed E-state index contributed by atoms with van der Waals surface area (Å²) in [5, 5.41) is 10.5. The van der Waals surface area contributed by atoms with Crippen LogP contribution in [0.5, 0.6) is 0 Å². The highest BCUT2D eigenvalue weighted by Gasteiger charge is 2.25. The van der Waals surface area contributed by atoms with Crippen LogP contribution in [-0.4, -0.2) is 52.1 Å². The Balaban J connectivity index is 2.01. The number of thioether (sulfide) groups is 1. The zero-order valence-electron chi connectivity index (χ0n) is 12.5. The smallest absolute Gasteiger partial charge is 0.274 e. The second-order valence-corrected chi connectivity index (χ2v) is 6.60. The predicted octanol–water partition coefficient (Wildman–Crippen LogP) is 1.66. The standard InChI is InChI=1S/C14H24N4OS/c1-4-20-8-6-10(2)18(3)14(19)13-11-9-15-7-5-12(11)16-17-13/h10,15H,4-9H2,1-3H3,(H,16,17). The molecule has 20 heavy (non-hydrogen) atoms. The van der Waals surface area contributed by atoms with E-state index < -0.39 is 0 Å². The number of hydrogen-bond acceptors (Lipinski definition) is 4. The van der Waals surface area contributed by atoms with Crippen molar-refractivity contribution in [1.82, 2.24) is 20.4 Å². The Kier molecular flexibility index (Phi) is 5.48. The zero-order chi connectivity index (χ0) is 14.5. The molecule has 1 aromatic rings. The van der Waals surface area contributed by atoms with Crippen molar-refractivity contribution in [2.24, 2.45) is 0 Å². The molecular formula is C14H24N4OS. The number of rotatable bonds is 6. The van der Waals surface area contributed by atoms with Crippen LogP contribution in [-0.2, 0) is 13.0 Å². The lowest BCUT2D eigenvalue weighted by molar-refractivity contribution is 0.0734. The Bertz CT molecular complexity index is 460. The quantitative estimate of drug-likeness (QED) is 0.784. The van der Waals surface area contributed by atoms with Crippen LogP contribution in [0.3, 0.4) is 0 Å². The minimum atomic E-state index is 0.0280. The molecule has 6 heteroatoms. The molecule has 2 heterocycles. The highest BCUT2D eigenvalue weighted by Crippen LogP contribution is 2.18. The number of nitrogens with zero attached hydrogens (tertiary/aromatic N) is 2. The Morgan fingerprint density at radius 3 is 3.10 bits per heavy atom. The summed E-state index contributed by atoms with van der Waals surface area (Å²) in [6.07, 6.45) is 1.94. The third-order valence-corrected chi connectivity index (χ3v) is 4.81. The van der Waals surface area contributed by atoms with Crippen LogP contribution in [0, 0.1) is 0 Å². The van der Waals surface area contributed by atoms with Gasteiger partial charge in [0.25, 0.3) is 5.91 Å². The van der Waals surface area contributed by atoms with Gasteiger partial charge in [0.15, 0.2) is 5.69 Å². The molecule has 1 unspecified atom stereocenters. The van der Waals surface area contributed by atoms with E-state index in [-0.39, 0.29) is 11.9 Å². The number of aromatic nitrogens is 2. The van der Waals surface area contributed by atoms with Crippen molar-refractivity contribution in [1.29, 1.82) is 0 Å². The topological polar surface area (TPSA) is 61.0 Å². The highest BCUT2D eigenvalue weighted by molar-refractivity contribution is 7.99. The average molecular weight is 296 g/mol. The van der Waals surface area contributed by atoms with Gasteiger partial charge in [0.05, 0.1) is 0 Å². The molecule has 2 N–H and O–H groups in total. The first-order chi connectivity index (χ1) is 9.65. The normalized spacial score (nSPS) is 15.8. The number of fused-ring (bicyclic) bond motifs is 1. The Labute approximate surface area is 124 Å². The number of hydrogen-bond donors (Lipinski definition) is 2. The van der Waals surface area contributed by atoms with E-state index in [9.17, 15) is 4.79 Å². The maximum atomic E-state index is 12.6. The van der Waals surface area contributed by atoms with Gasteiger partial charge >= 0.3 is 0 Å². The zero-order valence-corrected chi connectivity index (χ0v) is 13.3. The van der Waals surface area contributed by atoms with Crippen LogP contribution in [0.25, 0.3) is 0 Å². The number of nitrogens with one attached hydrogen (secondary N) is 2. The second-order valence-electron chi connectivity index (χ2n) is 5.21. The highest BCUT2D eigenvalue weighted by atomic mass is 32.2. The molecular weight excluding hydrogens is 272 g/mol. The van der Waals surface area contributed by atoms with E-state index in [1.54, 1.807) is 0 Å². The summed E-state index contributed by atoms with van der Waals surface area (Å²) in [5.74, 6) is 2.25. The molecule has 0 bridgehead atoms. The van der Waals surface area contributed by atoms with E-state index in [4.69, 9.17) is 0 Å². The Hall–Kier alpha value is -1.01. The van der Waals surface area contributed by atoms with Crippen molar-refractivity contribution in [3.8, 4) is 0 Å². The molecule has 0 saturated heterocycles. The second kappa shape index (κ2) is 7.13. The Morgan fingerprint density at radius 1 is 1.55 bits per heavy atom. The number of H-pyrrole nitrogens is 1. The average Bonchev–Trinajstić information content (AvgIpc) is 2.89. The summed E-state index contributed by atoms with van der Waals surface area (Å²) in [5.41, 5.74) is 2.74. The third kappa shape index (κ3) is 3.35. The SMILES string of the molecule is CCSCCC(C)N(C)C(=O)c1n[nH]c2c1CNCC2. The van der Waals surface area contributed by atoms with Crippen LogP contribution < -0.4 is 5.32 Å². The minimum absolute atomic E-state index is 0.0280. The molecule has 5 nitrogen and oxygen atoms in total. The van der Waals surface area contributed by atoms with Gasteiger partial charge in [-0.05, 0) is 24.9 Å². The fraction of sp³-hybridized carbons (Fsp3) is 0.714. The lowest BCUT2D eigenvalue weighted by Crippen LogP contribution is -2.36. The molecule has 2 rings (SSSR count). The van der Waals surface area contributed by atoms with E-state index in [0.717, 1.165) is 48.7 Å². The summed E-state index contributed by atoms with van der Waals surface area (Å²) >= 11 is 1.92. The van der Waals surface area contributed by atoms with E-state index in [1.807, 2.05) is 23.7 Å². The van der Waals surface area contributed by atoms with E-state index >= 15 is 0 Å². The summed E-state index contributed by atoms with van der Waals surface area (Å²) in [6, 6.07) is 0.241. The molecule has 0 aromatic carbocycles. The van der Waals surface area contributed by atoms with Crippen molar-refractivity contribution in [3.05, 3.63) is 17.0 Å². The molecule has 1 atom stereocenters. The number of carbonyl (C=O) groups is 1. The molecule has 0 spiro atoms. The van der Waals surface area contributed by atoms with E-state index in [2.05, 4.69) is 29.4 Å². The van der Waals surface area contributed by atoms with Gasteiger partial charge in [-0.2, -0.15) is 16.9 Å². The maximum Gasteiger partial charge on any atom is 0.274 e. The lowest BCUT2D eigenvalue weighted by Gasteiger charge is -2.25. The molecule has 1 amide bonds. The molecule has 0 saturated carbocycles. The first-order valence-electron chi connectivity index (χ1n) is 7.26. The van der Waals surface area contributed by atoms with Gasteiger partial charge in [0.1, 0.15) is 0 Å². The summed E-state index contributed by atoms with van der Waals surface area (Å²) in [4.78, 5) is 14.4. The number of carbonyl (C=O) groups excluding carboxylic acids is 1. The third-order valence-electron chi connectivity index (χ3n) is 3.87. The lowest BCUT2D eigenvalue weighted by atomic mass is 10.1. The van der Waals surface area contributed by atoms with E-state index in [1.165, 1.54) is 0 Å². The van der Waals surface area contributed by atoms with Crippen molar-refractivity contribution < 1.29 is 4.79 Å². The summed E-state index contributed by atoms with van der Waals surface area (Å²) < 4.78 is 0. The Morgan fingerprint density at radius 2 is 2.35 bits per heavy atom. The molecule has 0 aliphatic carbocycles. The molecule has 1 aromatic heterocycles. The van der Waals surface area contributed by atoms with Crippen LogP contribution in [0.1, 0.15) is 42.0 Å². The van der Waals surface area contributed by atoms with Gasteiger partial charge in [-0.1, -0.05) is 6.92 Å². The molecule has 112 valence electrons. The monoisotopic (exact) mass is 296 g/mol. The molecule has 1 aliphatic rings. The van der Waals surface area contributed by atoms with Crippen LogP contribution in [0.15, 0.2) is 0 Å². The van der Waals surface area contributed by atoms with Crippen molar-refractivity contribution in [3.63, 3.8) is 0 Å². The molecule has 1 aliphatic heterocycles. The predicted molar refractivity (Wildman–Crippen MR) is 83.2 cm³/mol. The van der Waals surface area contributed by atoms with Crippen molar-refractivity contribution in [2.75, 3.05) is 25.1 Å².